The molecule has 0 spiro atoms. The van der Waals surface area contributed by atoms with Crippen LogP contribution in [0.25, 0.3) is 10.8 Å². The van der Waals surface area contributed by atoms with Crippen LogP contribution in [0.2, 0.25) is 0 Å². The van der Waals surface area contributed by atoms with Gasteiger partial charge < -0.3 is 9.84 Å². The summed E-state index contributed by atoms with van der Waals surface area (Å²) >= 11 is 0. The van der Waals surface area contributed by atoms with Crippen molar-refractivity contribution in [2.24, 2.45) is 0 Å². The fraction of sp³-hybridized carbons (Fsp3) is 0.100. The van der Waals surface area contributed by atoms with E-state index >= 15 is 0 Å². The zero-order valence-corrected chi connectivity index (χ0v) is 8.35. The Labute approximate surface area is 89.5 Å². The van der Waals surface area contributed by atoms with Crippen LogP contribution in [0.1, 0.15) is 10.5 Å². The number of carboxylic acid groups (broad SMARTS) is 1. The van der Waals surface area contributed by atoms with Gasteiger partial charge in [0.05, 0.1) is 12.5 Å². The normalized spacial score (nSPS) is 10.3. The van der Waals surface area contributed by atoms with Crippen molar-refractivity contribution in [2.45, 2.75) is 0 Å². The summed E-state index contributed by atoms with van der Waals surface area (Å²) in [5.41, 5.74) is -0.629. The lowest BCUT2D eigenvalue weighted by molar-refractivity contribution is 0.0691. The van der Waals surface area contributed by atoms with Gasteiger partial charge in [-0.05, 0) is 18.2 Å². The number of methoxy groups -OCH3 is 1. The van der Waals surface area contributed by atoms with Crippen LogP contribution in [0.15, 0.2) is 23.0 Å². The molecule has 0 aliphatic heterocycles. The molecule has 2 N–H and O–H groups in total. The number of benzene rings is 1. The van der Waals surface area contributed by atoms with Gasteiger partial charge in [0.15, 0.2) is 5.69 Å². The van der Waals surface area contributed by atoms with Gasteiger partial charge in [0.25, 0.3) is 5.56 Å². The molecule has 0 radical (unpaired) electrons. The minimum Gasteiger partial charge on any atom is -0.497 e. The van der Waals surface area contributed by atoms with Gasteiger partial charge in [-0.15, -0.1) is 0 Å². The predicted octanol–water partition coefficient (Wildman–Crippen LogP) is 0.630. The molecule has 0 atom stereocenters. The predicted molar refractivity (Wildman–Crippen MR) is 55.9 cm³/mol. The van der Waals surface area contributed by atoms with Crippen molar-refractivity contribution in [2.75, 3.05) is 7.11 Å². The second kappa shape index (κ2) is 3.65. The van der Waals surface area contributed by atoms with Crippen LogP contribution in [-0.4, -0.2) is 28.4 Å². The largest absolute Gasteiger partial charge is 0.497 e. The lowest BCUT2D eigenvalue weighted by atomic mass is 10.1. The zero-order valence-electron chi connectivity index (χ0n) is 8.35. The molecule has 1 heterocycles. The Bertz CT molecular complexity index is 618. The Hall–Kier alpha value is -2.37. The third kappa shape index (κ3) is 1.50. The number of rotatable bonds is 2. The number of fused-ring (bicyclic) bond motifs is 1. The third-order valence-electron chi connectivity index (χ3n) is 2.20. The number of carboxylic acids is 1. The molecular formula is C10H8N2O4. The minimum atomic E-state index is -1.19. The Balaban J connectivity index is 2.86. The standard InChI is InChI=1S/C10H8N2O4/c1-16-5-2-3-6-7(4-5)9(13)12-11-8(6)10(14)15/h2-4H,1H3,(H,12,13)(H,14,15). The monoisotopic (exact) mass is 220 g/mol. The minimum absolute atomic E-state index is 0.183. The number of aromatic carboxylic acids is 1. The van der Waals surface area contributed by atoms with Crippen LogP contribution in [0, 0.1) is 0 Å². The maximum Gasteiger partial charge on any atom is 0.356 e. The summed E-state index contributed by atoms with van der Waals surface area (Å²) in [6.45, 7) is 0. The number of hydrogen-bond donors (Lipinski definition) is 2. The van der Waals surface area contributed by atoms with Crippen molar-refractivity contribution in [3.8, 4) is 5.75 Å². The lowest BCUT2D eigenvalue weighted by Crippen LogP contribution is -2.14. The molecule has 1 aromatic carbocycles. The fourth-order valence-electron chi connectivity index (χ4n) is 1.43. The van der Waals surface area contributed by atoms with Crippen LogP contribution < -0.4 is 10.3 Å². The molecule has 0 bridgehead atoms. The summed E-state index contributed by atoms with van der Waals surface area (Å²) in [5.74, 6) is -0.702. The number of nitrogens with one attached hydrogen (secondary N) is 1. The van der Waals surface area contributed by atoms with Gasteiger partial charge in [0.2, 0.25) is 0 Å². The number of aromatic nitrogens is 2. The van der Waals surface area contributed by atoms with Crippen LogP contribution in [0.3, 0.4) is 0 Å². The van der Waals surface area contributed by atoms with Crippen LogP contribution >= 0.6 is 0 Å². The Morgan fingerprint density at radius 3 is 2.81 bits per heavy atom. The molecule has 0 saturated carbocycles. The molecule has 0 aliphatic carbocycles. The third-order valence-corrected chi connectivity index (χ3v) is 2.20. The molecule has 0 fully saturated rings. The van der Waals surface area contributed by atoms with Crippen molar-refractivity contribution in [1.29, 1.82) is 0 Å². The fourth-order valence-corrected chi connectivity index (χ4v) is 1.43. The van der Waals surface area contributed by atoms with E-state index in [0.717, 1.165) is 0 Å². The van der Waals surface area contributed by atoms with E-state index in [9.17, 15) is 9.59 Å². The van der Waals surface area contributed by atoms with Gasteiger partial charge in [-0.3, -0.25) is 4.79 Å². The van der Waals surface area contributed by atoms with Gasteiger partial charge in [-0.1, -0.05) is 0 Å². The molecule has 0 aliphatic rings. The molecule has 6 heteroatoms. The number of aromatic amines is 1. The first kappa shape index (κ1) is 10.2. The molecule has 2 aromatic rings. The van der Waals surface area contributed by atoms with Crippen molar-refractivity contribution in [3.63, 3.8) is 0 Å². The second-order valence-corrected chi connectivity index (χ2v) is 3.12. The van der Waals surface area contributed by atoms with E-state index in [2.05, 4.69) is 10.2 Å². The molecule has 0 saturated heterocycles. The molecular weight excluding hydrogens is 212 g/mol. The quantitative estimate of drug-likeness (QED) is 0.774. The smallest absolute Gasteiger partial charge is 0.356 e. The van der Waals surface area contributed by atoms with Crippen LogP contribution in [0.4, 0.5) is 0 Å². The first-order valence-electron chi connectivity index (χ1n) is 4.43. The van der Waals surface area contributed by atoms with E-state index in [4.69, 9.17) is 9.84 Å². The van der Waals surface area contributed by atoms with E-state index in [0.29, 0.717) is 5.75 Å². The van der Waals surface area contributed by atoms with Gasteiger partial charge in [-0.25, -0.2) is 9.89 Å². The molecule has 1 aromatic heterocycles. The number of hydrogen-bond acceptors (Lipinski definition) is 4. The van der Waals surface area contributed by atoms with Crippen molar-refractivity contribution in [1.82, 2.24) is 10.2 Å². The summed E-state index contributed by atoms with van der Waals surface area (Å²) in [6.07, 6.45) is 0. The van der Waals surface area contributed by atoms with E-state index in [1.54, 1.807) is 6.07 Å². The second-order valence-electron chi connectivity index (χ2n) is 3.12. The van der Waals surface area contributed by atoms with Crippen LogP contribution in [-0.2, 0) is 0 Å². The average Bonchev–Trinajstić information content (AvgIpc) is 2.29. The first-order chi connectivity index (χ1) is 7.63. The number of nitrogens with zero attached hydrogens (tertiary/aromatic N) is 1. The number of ether oxygens (including phenoxy) is 1. The number of H-pyrrole nitrogens is 1. The van der Waals surface area contributed by atoms with Gasteiger partial charge in [0, 0.05) is 5.39 Å². The highest BCUT2D eigenvalue weighted by Crippen LogP contribution is 2.19. The van der Waals surface area contributed by atoms with E-state index in [-0.39, 0.29) is 16.5 Å². The maximum atomic E-state index is 11.5. The topological polar surface area (TPSA) is 92.3 Å². The van der Waals surface area contributed by atoms with Crippen LogP contribution in [0.5, 0.6) is 5.75 Å². The molecule has 82 valence electrons. The van der Waals surface area contributed by atoms with E-state index in [1.807, 2.05) is 0 Å². The van der Waals surface area contributed by atoms with Gasteiger partial charge >= 0.3 is 5.97 Å². The molecule has 0 amide bonds. The Morgan fingerprint density at radius 1 is 1.44 bits per heavy atom. The first-order valence-corrected chi connectivity index (χ1v) is 4.43. The molecule has 0 unspecified atom stereocenters. The zero-order chi connectivity index (χ0) is 11.7. The Kier molecular flexibility index (Phi) is 2.32. The summed E-state index contributed by atoms with van der Waals surface area (Å²) in [6, 6.07) is 4.55. The summed E-state index contributed by atoms with van der Waals surface area (Å²) < 4.78 is 4.96. The molecule has 16 heavy (non-hydrogen) atoms. The highest BCUT2D eigenvalue weighted by Gasteiger charge is 2.12. The van der Waals surface area contributed by atoms with Crippen molar-refractivity contribution >= 4 is 16.7 Å². The SMILES string of the molecule is COc1ccc2c(C(=O)O)n[nH]c(=O)c2c1. The van der Waals surface area contributed by atoms with Crippen molar-refractivity contribution in [3.05, 3.63) is 34.2 Å². The number of carbonyl (C=O) groups is 1. The highest BCUT2D eigenvalue weighted by molar-refractivity contribution is 6.01. The summed E-state index contributed by atoms with van der Waals surface area (Å²) in [5, 5.41) is 15.0. The van der Waals surface area contributed by atoms with E-state index in [1.165, 1.54) is 19.2 Å². The van der Waals surface area contributed by atoms with E-state index < -0.39 is 11.5 Å². The Morgan fingerprint density at radius 2 is 2.19 bits per heavy atom. The summed E-state index contributed by atoms with van der Waals surface area (Å²) in [7, 11) is 1.47. The lowest BCUT2D eigenvalue weighted by Gasteiger charge is -2.03. The molecule has 2 rings (SSSR count). The van der Waals surface area contributed by atoms with Gasteiger partial charge in [-0.2, -0.15) is 5.10 Å². The van der Waals surface area contributed by atoms with Gasteiger partial charge in [0.1, 0.15) is 5.75 Å². The molecule has 6 nitrogen and oxygen atoms in total. The summed E-state index contributed by atoms with van der Waals surface area (Å²) in [4.78, 5) is 22.3. The highest BCUT2D eigenvalue weighted by atomic mass is 16.5. The van der Waals surface area contributed by atoms with Crippen molar-refractivity contribution < 1.29 is 14.6 Å². The maximum absolute atomic E-state index is 11.5. The average molecular weight is 220 g/mol.